The van der Waals surface area contributed by atoms with Crippen molar-refractivity contribution in [1.82, 2.24) is 0 Å². The van der Waals surface area contributed by atoms with Gasteiger partial charge < -0.3 is 5.73 Å². The third-order valence-electron chi connectivity index (χ3n) is 6.12. The molecule has 3 unspecified atom stereocenters. The summed E-state index contributed by atoms with van der Waals surface area (Å²) in [6.07, 6.45) is 0.124. The minimum atomic E-state index is -1.20. The molecule has 0 heterocycles. The summed E-state index contributed by atoms with van der Waals surface area (Å²) in [6.45, 7) is 5.81. The van der Waals surface area contributed by atoms with E-state index in [1.165, 1.54) is 0 Å². The molecule has 1 fully saturated rings. The van der Waals surface area contributed by atoms with E-state index in [9.17, 15) is 14.4 Å². The first-order chi connectivity index (χ1) is 13.2. The van der Waals surface area contributed by atoms with Crippen LogP contribution in [0.25, 0.3) is 0 Å². The molecule has 1 aliphatic rings. The van der Waals surface area contributed by atoms with Crippen molar-refractivity contribution in [3.63, 3.8) is 0 Å². The molecule has 2 aromatic rings. The van der Waals surface area contributed by atoms with Gasteiger partial charge in [0.2, 0.25) is 5.91 Å². The molecule has 3 rings (SSSR count). The molecule has 0 radical (unpaired) electrons. The van der Waals surface area contributed by atoms with Crippen LogP contribution in [0.5, 0.6) is 0 Å². The van der Waals surface area contributed by atoms with Crippen LogP contribution in [0.1, 0.15) is 50.7 Å². The lowest BCUT2D eigenvalue weighted by molar-refractivity contribution is -0.145. The van der Waals surface area contributed by atoms with Crippen molar-refractivity contribution in [2.24, 2.45) is 17.1 Å². The Morgan fingerprint density at radius 1 is 0.893 bits per heavy atom. The Labute approximate surface area is 166 Å². The summed E-state index contributed by atoms with van der Waals surface area (Å²) >= 11 is 0. The highest BCUT2D eigenvalue weighted by Gasteiger charge is 2.58. The van der Waals surface area contributed by atoms with Crippen molar-refractivity contribution >= 4 is 17.5 Å². The quantitative estimate of drug-likeness (QED) is 0.824. The van der Waals surface area contributed by atoms with Crippen LogP contribution in [0.15, 0.2) is 60.7 Å². The van der Waals surface area contributed by atoms with Crippen LogP contribution in [0.2, 0.25) is 0 Å². The highest BCUT2D eigenvalue weighted by molar-refractivity contribution is 6.08. The maximum Gasteiger partial charge on any atom is 0.229 e. The fraction of sp³-hybridized carbons (Fsp3) is 0.375. The van der Waals surface area contributed by atoms with E-state index in [1.54, 1.807) is 0 Å². The fourth-order valence-electron chi connectivity index (χ4n) is 4.88. The molecule has 4 nitrogen and oxygen atoms in total. The van der Waals surface area contributed by atoms with Crippen molar-refractivity contribution in [3.05, 3.63) is 71.8 Å². The maximum atomic E-state index is 13.1. The van der Waals surface area contributed by atoms with Gasteiger partial charge in [0.15, 0.2) is 0 Å². The molecule has 28 heavy (non-hydrogen) atoms. The zero-order valence-electron chi connectivity index (χ0n) is 16.6. The Balaban J connectivity index is 2.18. The van der Waals surface area contributed by atoms with E-state index in [4.69, 9.17) is 5.73 Å². The second-order valence-corrected chi connectivity index (χ2v) is 8.65. The Morgan fingerprint density at radius 3 is 1.93 bits per heavy atom. The monoisotopic (exact) mass is 377 g/mol. The summed E-state index contributed by atoms with van der Waals surface area (Å²) < 4.78 is 0. The number of nitrogens with two attached hydrogens (primary N) is 1. The zero-order valence-corrected chi connectivity index (χ0v) is 16.6. The van der Waals surface area contributed by atoms with Gasteiger partial charge in [0.1, 0.15) is 11.6 Å². The lowest BCUT2D eigenvalue weighted by Gasteiger charge is -2.49. The van der Waals surface area contributed by atoms with Gasteiger partial charge in [0.25, 0.3) is 0 Å². The molecule has 0 aliphatic heterocycles. The summed E-state index contributed by atoms with van der Waals surface area (Å²) in [5.74, 6) is -1.88. The van der Waals surface area contributed by atoms with Gasteiger partial charge in [0.05, 0.1) is 11.8 Å². The van der Waals surface area contributed by atoms with Gasteiger partial charge in [-0.05, 0) is 23.0 Å². The van der Waals surface area contributed by atoms with Crippen molar-refractivity contribution in [3.8, 4) is 0 Å². The Bertz CT molecular complexity index is 883. The molecule has 4 heteroatoms. The molecule has 1 aliphatic carbocycles. The smallest absolute Gasteiger partial charge is 0.229 e. The number of hydrogen-bond acceptors (Lipinski definition) is 3. The van der Waals surface area contributed by atoms with E-state index in [2.05, 4.69) is 0 Å². The molecular formula is C24H27NO3. The van der Waals surface area contributed by atoms with Crippen LogP contribution >= 0.6 is 0 Å². The van der Waals surface area contributed by atoms with Crippen molar-refractivity contribution < 1.29 is 14.4 Å². The van der Waals surface area contributed by atoms with E-state index in [0.29, 0.717) is 0 Å². The van der Waals surface area contributed by atoms with Crippen LogP contribution < -0.4 is 5.73 Å². The topological polar surface area (TPSA) is 77.2 Å². The van der Waals surface area contributed by atoms with Gasteiger partial charge in [-0.15, -0.1) is 0 Å². The van der Waals surface area contributed by atoms with E-state index in [-0.39, 0.29) is 24.4 Å². The number of ketones is 2. The number of amides is 1. The second-order valence-electron chi connectivity index (χ2n) is 8.65. The van der Waals surface area contributed by atoms with Gasteiger partial charge in [-0.1, -0.05) is 81.4 Å². The van der Waals surface area contributed by atoms with E-state index in [1.807, 2.05) is 81.4 Å². The molecule has 0 spiro atoms. The number of rotatable bonds is 4. The van der Waals surface area contributed by atoms with Crippen molar-refractivity contribution in [2.45, 2.75) is 44.9 Å². The molecule has 3 atom stereocenters. The molecule has 1 saturated carbocycles. The molecule has 2 N–H and O–H groups in total. The Hall–Kier alpha value is -2.75. The first kappa shape index (κ1) is 20.0. The summed E-state index contributed by atoms with van der Waals surface area (Å²) in [5, 5.41) is 0. The highest BCUT2D eigenvalue weighted by atomic mass is 16.2. The number of hydrogen-bond donors (Lipinski definition) is 1. The SMILES string of the molecule is CC(C)(C)C(C(N)=O)(c1ccccc1)C1CC(c2ccccc2)C(=O)CC1=O. The predicted octanol–water partition coefficient (Wildman–Crippen LogP) is 3.79. The predicted molar refractivity (Wildman–Crippen MR) is 109 cm³/mol. The van der Waals surface area contributed by atoms with Gasteiger partial charge >= 0.3 is 0 Å². The molecule has 2 aromatic carbocycles. The van der Waals surface area contributed by atoms with Gasteiger partial charge in [-0.2, -0.15) is 0 Å². The zero-order chi connectivity index (χ0) is 20.5. The van der Waals surface area contributed by atoms with Crippen molar-refractivity contribution in [1.29, 1.82) is 0 Å². The van der Waals surface area contributed by atoms with Gasteiger partial charge in [-0.25, -0.2) is 0 Å². The van der Waals surface area contributed by atoms with E-state index < -0.39 is 28.6 Å². The maximum absolute atomic E-state index is 13.1. The average Bonchev–Trinajstić information content (AvgIpc) is 2.64. The fourth-order valence-corrected chi connectivity index (χ4v) is 4.88. The summed E-state index contributed by atoms with van der Waals surface area (Å²) in [4.78, 5) is 38.8. The molecule has 0 saturated heterocycles. The standard InChI is InChI=1S/C24H27NO3/c1-23(2,3)24(22(25)28,17-12-8-5-9-13-17)19-14-18(20(26)15-21(19)27)16-10-6-4-7-11-16/h4-13,18-19H,14-15H2,1-3H3,(H2,25,28). The number of primary amides is 1. The van der Waals surface area contributed by atoms with Crippen LogP contribution in [-0.2, 0) is 19.8 Å². The normalized spacial score (nSPS) is 22.5. The number of Topliss-reactive ketones (excluding diaryl/α,β-unsaturated/α-hetero) is 2. The van der Waals surface area contributed by atoms with E-state index >= 15 is 0 Å². The summed E-state index contributed by atoms with van der Waals surface area (Å²) in [5.41, 5.74) is 5.83. The Kier molecular flexibility index (Phi) is 5.24. The highest BCUT2D eigenvalue weighted by Crippen LogP contribution is 2.52. The van der Waals surface area contributed by atoms with E-state index in [0.717, 1.165) is 11.1 Å². The molecule has 0 bridgehead atoms. The third-order valence-corrected chi connectivity index (χ3v) is 6.12. The minimum absolute atomic E-state index is 0.0900. The molecular weight excluding hydrogens is 350 g/mol. The van der Waals surface area contributed by atoms with Crippen LogP contribution in [0.3, 0.4) is 0 Å². The largest absolute Gasteiger partial charge is 0.369 e. The van der Waals surface area contributed by atoms with Crippen LogP contribution in [0.4, 0.5) is 0 Å². The van der Waals surface area contributed by atoms with Crippen molar-refractivity contribution in [2.75, 3.05) is 0 Å². The number of benzene rings is 2. The molecule has 1 amide bonds. The molecule has 146 valence electrons. The molecule has 0 aromatic heterocycles. The Morgan fingerprint density at radius 2 is 1.43 bits per heavy atom. The van der Waals surface area contributed by atoms with Gasteiger partial charge in [-0.3, -0.25) is 14.4 Å². The first-order valence-electron chi connectivity index (χ1n) is 9.65. The minimum Gasteiger partial charge on any atom is -0.369 e. The average molecular weight is 377 g/mol. The summed E-state index contributed by atoms with van der Waals surface area (Å²) in [6, 6.07) is 18.8. The summed E-state index contributed by atoms with van der Waals surface area (Å²) in [7, 11) is 0. The number of carbonyl (C=O) groups is 3. The first-order valence-corrected chi connectivity index (χ1v) is 9.65. The lowest BCUT2D eigenvalue weighted by Crippen LogP contribution is -2.59. The number of carbonyl (C=O) groups excluding carboxylic acids is 3. The van der Waals surface area contributed by atoms with Gasteiger partial charge in [0, 0.05) is 11.8 Å². The third kappa shape index (κ3) is 3.17. The van der Waals surface area contributed by atoms with Crippen LogP contribution in [0, 0.1) is 11.3 Å². The lowest BCUT2D eigenvalue weighted by atomic mass is 9.51. The van der Waals surface area contributed by atoms with Crippen LogP contribution in [-0.4, -0.2) is 17.5 Å². The second kappa shape index (κ2) is 7.34.